The zero-order valence-corrected chi connectivity index (χ0v) is 13.9. The highest BCUT2D eigenvalue weighted by Crippen LogP contribution is 2.36. The number of ether oxygens (including phenoxy) is 2. The molecule has 4 rings (SSSR count). The molecule has 8 nitrogen and oxygen atoms in total. The van der Waals surface area contributed by atoms with Crippen LogP contribution in [0.25, 0.3) is 6.08 Å². The van der Waals surface area contributed by atoms with Gasteiger partial charge in [-0.2, -0.15) is 0 Å². The normalized spacial score (nSPS) is 17.8. The molecule has 2 aliphatic rings. The minimum atomic E-state index is -0.804. The highest BCUT2D eigenvalue weighted by Gasteiger charge is 2.37. The Morgan fingerprint density at radius 3 is 2.77 bits per heavy atom. The van der Waals surface area contributed by atoms with Gasteiger partial charge in [-0.25, -0.2) is 9.69 Å². The van der Waals surface area contributed by atoms with Crippen LogP contribution in [0.3, 0.4) is 0 Å². The van der Waals surface area contributed by atoms with Gasteiger partial charge >= 0.3 is 6.03 Å². The first-order valence-electron chi connectivity index (χ1n) is 8.04. The van der Waals surface area contributed by atoms with Crippen LogP contribution in [0.1, 0.15) is 12.6 Å². The number of imide groups is 2. The van der Waals surface area contributed by atoms with Crippen molar-refractivity contribution in [3.8, 4) is 11.5 Å². The molecule has 1 saturated heterocycles. The number of carbonyl (C=O) groups excluding carboxylic acids is 3. The van der Waals surface area contributed by atoms with Crippen LogP contribution in [0.2, 0.25) is 0 Å². The zero-order valence-electron chi connectivity index (χ0n) is 13.9. The van der Waals surface area contributed by atoms with E-state index >= 15 is 0 Å². The largest absolute Gasteiger partial charge is 0.454 e. The molecule has 1 N–H and O–H groups in total. The standard InChI is InChI=1S/C18H15N3O5/c1-2-20-7-3-4-11(20)8-13-16(22)19-18(24)21(17(13)23)12-5-6-14-15(9-12)26-10-25-14/h3-9H,2,10H2,1H3,(H,19,22,24)/b13-8+. The van der Waals surface area contributed by atoms with Crippen molar-refractivity contribution in [2.75, 3.05) is 11.7 Å². The molecule has 3 heterocycles. The fraction of sp³-hybridized carbons (Fsp3) is 0.167. The third kappa shape index (κ3) is 2.52. The van der Waals surface area contributed by atoms with Crippen molar-refractivity contribution in [1.29, 1.82) is 0 Å². The molecule has 132 valence electrons. The Morgan fingerprint density at radius 1 is 1.15 bits per heavy atom. The van der Waals surface area contributed by atoms with Crippen molar-refractivity contribution in [1.82, 2.24) is 9.88 Å². The number of rotatable bonds is 3. The van der Waals surface area contributed by atoms with Gasteiger partial charge in [-0.15, -0.1) is 0 Å². The van der Waals surface area contributed by atoms with Crippen LogP contribution in [0, 0.1) is 0 Å². The SMILES string of the molecule is CCn1cccc1/C=C1\C(=O)NC(=O)N(c2ccc3c(c2)OCO3)C1=O. The number of nitrogens with zero attached hydrogens (tertiary/aromatic N) is 2. The third-order valence-corrected chi connectivity index (χ3v) is 4.21. The van der Waals surface area contributed by atoms with Gasteiger partial charge in [-0.1, -0.05) is 0 Å². The molecule has 0 aliphatic carbocycles. The molecular weight excluding hydrogens is 338 g/mol. The lowest BCUT2D eigenvalue weighted by Gasteiger charge is -2.26. The summed E-state index contributed by atoms with van der Waals surface area (Å²) in [7, 11) is 0. The summed E-state index contributed by atoms with van der Waals surface area (Å²) in [6, 6.07) is 7.51. The topological polar surface area (TPSA) is 89.9 Å². The number of barbiturate groups is 1. The third-order valence-electron chi connectivity index (χ3n) is 4.21. The van der Waals surface area contributed by atoms with Crippen molar-refractivity contribution in [3.63, 3.8) is 0 Å². The van der Waals surface area contributed by atoms with Crippen LogP contribution in [0.4, 0.5) is 10.5 Å². The molecule has 0 spiro atoms. The number of amides is 4. The highest BCUT2D eigenvalue weighted by molar-refractivity contribution is 6.39. The smallest absolute Gasteiger partial charge is 0.335 e. The Morgan fingerprint density at radius 2 is 1.96 bits per heavy atom. The van der Waals surface area contributed by atoms with Crippen LogP contribution in [-0.2, 0) is 16.1 Å². The second-order valence-corrected chi connectivity index (χ2v) is 5.71. The van der Waals surface area contributed by atoms with Crippen LogP contribution in [0.5, 0.6) is 11.5 Å². The van der Waals surface area contributed by atoms with E-state index in [9.17, 15) is 14.4 Å². The number of hydrogen-bond donors (Lipinski definition) is 1. The fourth-order valence-corrected chi connectivity index (χ4v) is 2.91. The molecule has 4 amide bonds. The van der Waals surface area contributed by atoms with Crippen LogP contribution >= 0.6 is 0 Å². The fourth-order valence-electron chi connectivity index (χ4n) is 2.91. The maximum absolute atomic E-state index is 12.9. The van der Waals surface area contributed by atoms with Crippen molar-refractivity contribution >= 4 is 29.6 Å². The molecule has 2 aromatic rings. The summed E-state index contributed by atoms with van der Waals surface area (Å²) in [4.78, 5) is 38.2. The summed E-state index contributed by atoms with van der Waals surface area (Å²) in [5.41, 5.74) is 0.877. The van der Waals surface area contributed by atoms with E-state index in [2.05, 4.69) is 5.32 Å². The molecule has 1 aromatic heterocycles. The quantitative estimate of drug-likeness (QED) is 0.672. The van der Waals surface area contributed by atoms with Crippen molar-refractivity contribution in [2.24, 2.45) is 0 Å². The maximum Gasteiger partial charge on any atom is 0.335 e. The van der Waals surface area contributed by atoms with Gasteiger partial charge in [0.15, 0.2) is 11.5 Å². The average molecular weight is 353 g/mol. The molecule has 0 unspecified atom stereocenters. The first kappa shape index (κ1) is 15.9. The summed E-state index contributed by atoms with van der Waals surface area (Å²) >= 11 is 0. The second-order valence-electron chi connectivity index (χ2n) is 5.71. The van der Waals surface area contributed by atoms with Gasteiger partial charge in [0, 0.05) is 24.5 Å². The van der Waals surface area contributed by atoms with Gasteiger partial charge in [0.05, 0.1) is 5.69 Å². The van der Waals surface area contributed by atoms with E-state index < -0.39 is 17.8 Å². The molecule has 1 aromatic carbocycles. The average Bonchev–Trinajstić information content (AvgIpc) is 3.26. The number of aryl methyl sites for hydroxylation is 1. The van der Waals surface area contributed by atoms with E-state index in [0.29, 0.717) is 29.4 Å². The summed E-state index contributed by atoms with van der Waals surface area (Å²) < 4.78 is 12.4. The molecule has 0 atom stereocenters. The minimum Gasteiger partial charge on any atom is -0.454 e. The van der Waals surface area contributed by atoms with Crippen LogP contribution in [0.15, 0.2) is 42.1 Å². The molecule has 2 aliphatic heterocycles. The number of benzene rings is 1. The zero-order chi connectivity index (χ0) is 18.3. The monoisotopic (exact) mass is 353 g/mol. The van der Waals surface area contributed by atoms with Crippen molar-refractivity contribution in [3.05, 3.63) is 47.8 Å². The molecule has 8 heteroatoms. The lowest BCUT2D eigenvalue weighted by atomic mass is 10.1. The summed E-state index contributed by atoms with van der Waals surface area (Å²) in [6.45, 7) is 2.72. The van der Waals surface area contributed by atoms with Crippen LogP contribution in [-0.4, -0.2) is 29.2 Å². The predicted octanol–water partition coefficient (Wildman–Crippen LogP) is 1.90. The van der Waals surface area contributed by atoms with Gasteiger partial charge in [0.25, 0.3) is 11.8 Å². The van der Waals surface area contributed by atoms with Gasteiger partial charge in [-0.3, -0.25) is 14.9 Å². The molecule has 0 bridgehead atoms. The summed E-state index contributed by atoms with van der Waals surface area (Å²) in [6.07, 6.45) is 3.33. The van der Waals surface area contributed by atoms with E-state index in [1.165, 1.54) is 12.1 Å². The lowest BCUT2D eigenvalue weighted by Crippen LogP contribution is -2.54. The molecule has 26 heavy (non-hydrogen) atoms. The van der Waals surface area contributed by atoms with Gasteiger partial charge < -0.3 is 14.0 Å². The summed E-state index contributed by atoms with van der Waals surface area (Å²) in [5.74, 6) is -0.445. The maximum atomic E-state index is 12.9. The highest BCUT2D eigenvalue weighted by atomic mass is 16.7. The minimum absolute atomic E-state index is 0.0799. The van der Waals surface area contributed by atoms with Crippen molar-refractivity contribution in [2.45, 2.75) is 13.5 Å². The Balaban J connectivity index is 1.73. The number of carbonyl (C=O) groups is 3. The lowest BCUT2D eigenvalue weighted by molar-refractivity contribution is -0.122. The number of urea groups is 1. The van der Waals surface area contributed by atoms with E-state index in [-0.39, 0.29) is 12.4 Å². The van der Waals surface area contributed by atoms with Crippen molar-refractivity contribution < 1.29 is 23.9 Å². The number of hydrogen-bond acceptors (Lipinski definition) is 5. The van der Waals surface area contributed by atoms with Gasteiger partial charge in [-0.05, 0) is 37.3 Å². The molecule has 0 saturated carbocycles. The van der Waals surface area contributed by atoms with Gasteiger partial charge in [0.2, 0.25) is 6.79 Å². The Labute approximate surface area is 148 Å². The Bertz CT molecular complexity index is 959. The molecule has 1 fully saturated rings. The first-order valence-corrected chi connectivity index (χ1v) is 8.04. The van der Waals surface area contributed by atoms with Crippen LogP contribution < -0.4 is 19.7 Å². The van der Waals surface area contributed by atoms with E-state index in [0.717, 1.165) is 4.90 Å². The second kappa shape index (κ2) is 6.07. The Hall–Kier alpha value is -3.55. The molecule has 0 radical (unpaired) electrons. The van der Waals surface area contributed by atoms with E-state index in [1.807, 2.05) is 23.8 Å². The first-order chi connectivity index (χ1) is 12.6. The summed E-state index contributed by atoms with van der Waals surface area (Å²) in [5, 5.41) is 2.20. The van der Waals surface area contributed by atoms with E-state index in [4.69, 9.17) is 9.47 Å². The Kier molecular flexibility index (Phi) is 3.72. The van der Waals surface area contributed by atoms with E-state index in [1.54, 1.807) is 18.2 Å². The number of anilines is 1. The predicted molar refractivity (Wildman–Crippen MR) is 91.7 cm³/mol. The number of fused-ring (bicyclic) bond motifs is 1. The number of nitrogens with one attached hydrogen (secondary N) is 1. The number of aromatic nitrogens is 1. The molecular formula is C18H15N3O5. The van der Waals surface area contributed by atoms with Gasteiger partial charge in [0.1, 0.15) is 5.57 Å².